The molecule has 0 spiro atoms. The van der Waals surface area contributed by atoms with Gasteiger partial charge in [0.05, 0.1) is 38.0 Å². The van der Waals surface area contributed by atoms with Crippen molar-refractivity contribution in [2.24, 2.45) is 5.92 Å². The highest BCUT2D eigenvalue weighted by molar-refractivity contribution is 7.98. The van der Waals surface area contributed by atoms with Gasteiger partial charge in [0.2, 0.25) is 5.95 Å². The maximum atomic E-state index is 13.3. The zero-order valence-electron chi connectivity index (χ0n) is 23.5. The van der Waals surface area contributed by atoms with Crippen LogP contribution in [0.1, 0.15) is 18.7 Å². The van der Waals surface area contributed by atoms with Crippen molar-refractivity contribution in [1.29, 1.82) is 0 Å². The number of aliphatic hydroxyl groups is 2. The molecule has 6 heterocycles. The van der Waals surface area contributed by atoms with Crippen LogP contribution in [0.25, 0.3) is 22.3 Å². The van der Waals surface area contributed by atoms with Crippen LogP contribution in [0, 0.1) is 5.92 Å². The van der Waals surface area contributed by atoms with Gasteiger partial charge in [-0.05, 0) is 12.7 Å². The zero-order valence-corrected chi connectivity index (χ0v) is 26.1. The lowest BCUT2D eigenvalue weighted by atomic mass is 10.1. The number of hydrogen-bond donors (Lipinski definition) is 6. The summed E-state index contributed by atoms with van der Waals surface area (Å²) in [6.45, 7) is -1.36. The van der Waals surface area contributed by atoms with Crippen molar-refractivity contribution in [2.45, 2.75) is 54.2 Å². The van der Waals surface area contributed by atoms with E-state index < -0.39 is 83.1 Å². The van der Waals surface area contributed by atoms with Crippen LogP contribution in [0.3, 0.4) is 0 Å². The van der Waals surface area contributed by atoms with Crippen LogP contribution < -0.4 is 11.3 Å². The van der Waals surface area contributed by atoms with Gasteiger partial charge in [-0.1, -0.05) is 0 Å². The fraction of sp³-hybridized carbons (Fsp3) is 0.545. The molecule has 7 N–H and O–H groups in total. The minimum atomic E-state index is -5.02. The molecule has 5 unspecified atom stereocenters. The Labute approximate surface area is 261 Å². The summed E-state index contributed by atoms with van der Waals surface area (Å²) in [5, 5.41) is 22.9. The number of fused-ring (bicyclic) bond motifs is 5. The largest absolute Gasteiger partial charge is 0.472 e. The number of phosphoric ester groups is 2. The normalized spacial score (nSPS) is 37.2. The number of nitrogen functional groups attached to an aromatic ring is 1. The molecule has 1 saturated carbocycles. The van der Waals surface area contributed by atoms with Crippen LogP contribution in [0.5, 0.6) is 0 Å². The molecule has 3 aliphatic rings. The summed E-state index contributed by atoms with van der Waals surface area (Å²) < 4.78 is 56.4. The number of phosphoric acid groups is 2. The second-order valence-corrected chi connectivity index (χ2v) is 14.4. The van der Waals surface area contributed by atoms with Gasteiger partial charge < -0.3 is 35.0 Å². The maximum absolute atomic E-state index is 13.3. The Hall–Kier alpha value is -2.85. The average molecular weight is 704 g/mol. The smallest absolute Gasteiger partial charge is 0.390 e. The van der Waals surface area contributed by atoms with E-state index in [2.05, 4.69) is 29.9 Å². The van der Waals surface area contributed by atoms with E-state index in [1.807, 2.05) is 0 Å². The molecule has 1 aliphatic carbocycles. The summed E-state index contributed by atoms with van der Waals surface area (Å²) in [5.74, 6) is -1.19. The van der Waals surface area contributed by atoms with Crippen LogP contribution in [0.4, 0.5) is 5.95 Å². The van der Waals surface area contributed by atoms with Crippen molar-refractivity contribution in [2.75, 3.05) is 25.2 Å². The quantitative estimate of drug-likeness (QED) is 0.0887. The van der Waals surface area contributed by atoms with E-state index in [1.54, 1.807) is 6.26 Å². The van der Waals surface area contributed by atoms with Gasteiger partial charge in [0.15, 0.2) is 23.0 Å². The minimum absolute atomic E-state index is 0.00348. The predicted molar refractivity (Wildman–Crippen MR) is 154 cm³/mol. The first kappa shape index (κ1) is 31.7. The van der Waals surface area contributed by atoms with E-state index in [4.69, 9.17) is 28.6 Å². The van der Waals surface area contributed by atoms with Crippen LogP contribution in [0.15, 0.2) is 28.8 Å². The van der Waals surface area contributed by atoms with Gasteiger partial charge in [-0.15, -0.1) is 11.8 Å². The molecule has 46 heavy (non-hydrogen) atoms. The van der Waals surface area contributed by atoms with Gasteiger partial charge in [-0.2, -0.15) is 4.98 Å². The van der Waals surface area contributed by atoms with Crippen LogP contribution >= 0.6 is 27.4 Å². The molecule has 21 nitrogen and oxygen atoms in total. The van der Waals surface area contributed by atoms with Gasteiger partial charge in [-0.3, -0.25) is 32.4 Å². The molecule has 24 heteroatoms. The summed E-state index contributed by atoms with van der Waals surface area (Å²) in [5.41, 5.74) is 5.67. The van der Waals surface area contributed by atoms with Crippen molar-refractivity contribution >= 4 is 55.7 Å². The summed E-state index contributed by atoms with van der Waals surface area (Å²) >= 11 is 1.32. The summed E-state index contributed by atoms with van der Waals surface area (Å²) in [6.07, 6.45) is -3.40. The lowest BCUT2D eigenvalue weighted by Crippen LogP contribution is -2.36. The highest BCUT2D eigenvalue weighted by Gasteiger charge is 2.53. The highest BCUT2D eigenvalue weighted by Crippen LogP contribution is 2.55. The third-order valence-corrected chi connectivity index (χ3v) is 10.7. The number of nitrogens with one attached hydrogen (secondary N) is 1. The lowest BCUT2D eigenvalue weighted by Gasteiger charge is -2.26. The van der Waals surface area contributed by atoms with E-state index in [1.165, 1.54) is 39.9 Å². The molecule has 0 radical (unpaired) electrons. The Morgan fingerprint density at radius 1 is 0.957 bits per heavy atom. The fourth-order valence-electron chi connectivity index (χ4n) is 5.94. The van der Waals surface area contributed by atoms with Gasteiger partial charge in [-0.25, -0.2) is 29.1 Å². The molecule has 3 fully saturated rings. The van der Waals surface area contributed by atoms with Crippen LogP contribution in [0.2, 0.25) is 0 Å². The zero-order chi connectivity index (χ0) is 32.5. The van der Waals surface area contributed by atoms with Crippen LogP contribution in [-0.4, -0.2) is 109 Å². The number of aromatic amines is 1. The Morgan fingerprint density at radius 3 is 2.41 bits per heavy atom. The Kier molecular flexibility index (Phi) is 8.06. The van der Waals surface area contributed by atoms with Gasteiger partial charge in [0, 0.05) is 5.92 Å². The van der Waals surface area contributed by atoms with Crippen molar-refractivity contribution in [3.05, 3.63) is 29.3 Å². The number of thioether (sulfide) groups is 1. The lowest BCUT2D eigenvalue weighted by molar-refractivity contribution is -0.0553. The van der Waals surface area contributed by atoms with Crippen molar-refractivity contribution in [3.8, 4) is 0 Å². The average Bonchev–Trinajstić information content (AvgIpc) is 3.76. The molecule has 2 aliphatic heterocycles. The molecular formula is C22H27N9O12P2S. The van der Waals surface area contributed by atoms with Gasteiger partial charge >= 0.3 is 15.6 Å². The minimum Gasteiger partial charge on any atom is -0.390 e. The molecule has 0 amide bonds. The summed E-state index contributed by atoms with van der Waals surface area (Å²) in [7, 11) is -10.00. The Bertz CT molecular complexity index is 1960. The standard InChI is InChI=1S/C22H27N9O12P2S/c1-46-20-12-17(24-5-25-20)31(7-27-12)21-14(33)16-10(41-21)4-40-45(37,38)42-15-9(2-8(13(15)32)3-39-44(35,36)43-16)30-6-26-11-18(30)28-22(23)29-19(11)34/h5-10,13-16,21,32-33H,2-4H2,1H3,(H,35,36)(H,37,38)(H3,23,28,29,34)/t8-,9-,10-,13?,14+,15?,16?,21-/m1/s1. The predicted octanol–water partition coefficient (Wildman–Crippen LogP) is -0.538. The highest BCUT2D eigenvalue weighted by atomic mass is 32.2. The maximum Gasteiger partial charge on any atom is 0.472 e. The van der Waals surface area contributed by atoms with Crippen molar-refractivity contribution in [1.82, 2.24) is 39.0 Å². The topological polar surface area (TPSA) is 294 Å². The number of nitrogens with two attached hydrogens (primary N) is 1. The molecule has 4 aromatic rings. The van der Waals surface area contributed by atoms with E-state index in [9.17, 15) is 33.9 Å². The molecule has 0 aromatic carbocycles. The number of hydrogen-bond acceptors (Lipinski definition) is 17. The second-order valence-electron chi connectivity index (χ2n) is 10.8. The Balaban J connectivity index is 1.20. The van der Waals surface area contributed by atoms with E-state index in [-0.39, 0.29) is 29.2 Å². The van der Waals surface area contributed by atoms with E-state index in [0.717, 1.165) is 0 Å². The second kappa shape index (κ2) is 11.7. The first-order valence-electron chi connectivity index (χ1n) is 13.6. The Morgan fingerprint density at radius 2 is 1.65 bits per heavy atom. The number of aliphatic hydroxyl groups excluding tert-OH is 2. The molecular weight excluding hydrogens is 676 g/mol. The first-order valence-corrected chi connectivity index (χ1v) is 17.8. The van der Waals surface area contributed by atoms with Crippen LogP contribution in [-0.2, 0) is 32.0 Å². The molecule has 7 rings (SSSR count). The number of rotatable bonds is 3. The van der Waals surface area contributed by atoms with Gasteiger partial charge in [0.25, 0.3) is 5.56 Å². The number of anilines is 1. The molecule has 2 saturated heterocycles. The van der Waals surface area contributed by atoms with E-state index >= 15 is 0 Å². The molecule has 10 atom stereocenters. The SMILES string of the molecule is CSc1ncnc2c1ncn2[C@@H]1O[C@@H]2COP(=O)(O)OC3C(O)[C@@H](COP(=O)(O)OC2[C@@H]1O)C[C@H]3n1cnc2c(=O)[nH]c(N)nc21. The number of H-pyrrole nitrogens is 1. The van der Waals surface area contributed by atoms with Crippen molar-refractivity contribution in [3.63, 3.8) is 0 Å². The first-order chi connectivity index (χ1) is 21.9. The number of ether oxygens (including phenoxy) is 1. The van der Waals surface area contributed by atoms with Crippen molar-refractivity contribution < 1.29 is 52.0 Å². The third kappa shape index (κ3) is 5.57. The molecule has 248 valence electrons. The number of aromatic nitrogens is 8. The van der Waals surface area contributed by atoms with Gasteiger partial charge in [0.1, 0.15) is 41.3 Å². The number of imidazole rings is 2. The monoisotopic (exact) mass is 703 g/mol. The summed E-state index contributed by atoms with van der Waals surface area (Å²) in [4.78, 5) is 56.9. The molecule has 4 aromatic heterocycles. The van der Waals surface area contributed by atoms with E-state index in [0.29, 0.717) is 10.5 Å². The summed E-state index contributed by atoms with van der Waals surface area (Å²) in [6, 6.07) is -0.988. The fourth-order valence-corrected chi connectivity index (χ4v) is 8.41. The third-order valence-electron chi connectivity index (χ3n) is 8.02. The molecule has 2 bridgehead atoms. The number of nitrogens with zero attached hydrogens (tertiary/aromatic N) is 7.